The number of anilines is 1. The largest absolute Gasteiger partial charge is 0.383 e. The van der Waals surface area contributed by atoms with Crippen LogP contribution in [-0.4, -0.2) is 22.0 Å². The minimum Gasteiger partial charge on any atom is -0.383 e. The minimum atomic E-state index is 0.258. The molecule has 0 aliphatic rings. The fourth-order valence-electron chi connectivity index (χ4n) is 0.855. The summed E-state index contributed by atoms with van der Waals surface area (Å²) in [5.74, 6) is 1.24. The predicted octanol–water partition coefficient (Wildman–Crippen LogP) is 1.76. The maximum absolute atomic E-state index is 10.4. The molecule has 0 amide bonds. The number of rotatable bonds is 5. The molecule has 0 spiro atoms. The molecule has 0 atom stereocenters. The average Bonchev–Trinajstić information content (AvgIpc) is 2.18. The zero-order chi connectivity index (χ0) is 10.4. The van der Waals surface area contributed by atoms with E-state index in [4.69, 9.17) is 5.73 Å². The summed E-state index contributed by atoms with van der Waals surface area (Å²) in [6.07, 6.45) is 4.40. The number of nitrogen functional groups attached to an aromatic ring is 1. The van der Waals surface area contributed by atoms with E-state index in [1.54, 1.807) is 11.8 Å². The Morgan fingerprint density at radius 3 is 3.00 bits per heavy atom. The van der Waals surface area contributed by atoms with Crippen LogP contribution in [0.25, 0.3) is 0 Å². The summed E-state index contributed by atoms with van der Waals surface area (Å²) in [7, 11) is 0. The van der Waals surface area contributed by atoms with Crippen LogP contribution in [0.4, 0.5) is 5.82 Å². The summed E-state index contributed by atoms with van der Waals surface area (Å²) >= 11 is 1.56. The highest BCUT2D eigenvalue weighted by molar-refractivity contribution is 7.99. The number of aromatic nitrogens is 2. The number of nitrogens with two attached hydrogens (primary N) is 1. The van der Waals surface area contributed by atoms with Gasteiger partial charge in [-0.15, -0.1) is 0 Å². The van der Waals surface area contributed by atoms with Gasteiger partial charge in [-0.05, 0) is 6.42 Å². The normalized spacial score (nSPS) is 10.1. The van der Waals surface area contributed by atoms with E-state index in [0.29, 0.717) is 17.0 Å². The highest BCUT2D eigenvalue weighted by Crippen LogP contribution is 2.16. The first-order chi connectivity index (χ1) is 6.77. The zero-order valence-electron chi connectivity index (χ0n) is 8.06. The van der Waals surface area contributed by atoms with Gasteiger partial charge in [0.15, 0.2) is 11.4 Å². The molecule has 0 fully saturated rings. The van der Waals surface area contributed by atoms with Gasteiger partial charge in [-0.2, -0.15) is 0 Å². The second kappa shape index (κ2) is 5.59. The molecule has 0 aliphatic carbocycles. The molecule has 0 aliphatic heterocycles. The standard InChI is InChI=1S/C9H13N3OS/c1-2-3-4-14-9-11-5-7(6-13)8(10)12-9/h5-6H,2-4H2,1H3,(H2,10,11,12). The van der Waals surface area contributed by atoms with E-state index >= 15 is 0 Å². The van der Waals surface area contributed by atoms with Crippen molar-refractivity contribution >= 4 is 23.9 Å². The van der Waals surface area contributed by atoms with Gasteiger partial charge in [0.2, 0.25) is 0 Å². The van der Waals surface area contributed by atoms with E-state index in [2.05, 4.69) is 16.9 Å². The molecule has 5 heteroatoms. The molecule has 1 aromatic heterocycles. The Morgan fingerprint density at radius 1 is 1.64 bits per heavy atom. The third kappa shape index (κ3) is 2.99. The van der Waals surface area contributed by atoms with Crippen molar-refractivity contribution in [3.05, 3.63) is 11.8 Å². The number of nitrogens with zero attached hydrogens (tertiary/aromatic N) is 2. The maximum atomic E-state index is 10.4. The van der Waals surface area contributed by atoms with Gasteiger partial charge in [-0.1, -0.05) is 25.1 Å². The smallest absolute Gasteiger partial charge is 0.189 e. The number of aldehydes is 1. The van der Waals surface area contributed by atoms with Gasteiger partial charge in [-0.3, -0.25) is 4.79 Å². The highest BCUT2D eigenvalue weighted by Gasteiger charge is 2.02. The van der Waals surface area contributed by atoms with E-state index in [0.717, 1.165) is 18.6 Å². The molecule has 14 heavy (non-hydrogen) atoms. The molecule has 76 valence electrons. The van der Waals surface area contributed by atoms with Crippen LogP contribution in [0.3, 0.4) is 0 Å². The van der Waals surface area contributed by atoms with Crippen molar-refractivity contribution in [3.63, 3.8) is 0 Å². The molecule has 0 unspecified atom stereocenters. The summed E-state index contributed by atoms with van der Waals surface area (Å²) in [5, 5.41) is 0.640. The van der Waals surface area contributed by atoms with E-state index < -0.39 is 0 Å². The fourth-order valence-corrected chi connectivity index (χ4v) is 1.76. The molecule has 1 aromatic rings. The summed E-state index contributed by atoms with van der Waals surface area (Å²) < 4.78 is 0. The first-order valence-corrected chi connectivity index (χ1v) is 5.47. The summed E-state index contributed by atoms with van der Waals surface area (Å²) in [5.41, 5.74) is 5.89. The quantitative estimate of drug-likeness (QED) is 0.348. The lowest BCUT2D eigenvalue weighted by Gasteiger charge is -2.01. The van der Waals surface area contributed by atoms with Crippen molar-refractivity contribution in [2.75, 3.05) is 11.5 Å². The first-order valence-electron chi connectivity index (χ1n) is 4.48. The molecule has 4 nitrogen and oxygen atoms in total. The third-order valence-corrected chi connectivity index (χ3v) is 2.63. The van der Waals surface area contributed by atoms with Crippen LogP contribution < -0.4 is 5.73 Å². The predicted molar refractivity (Wildman–Crippen MR) is 57.5 cm³/mol. The lowest BCUT2D eigenvalue weighted by Crippen LogP contribution is -2.00. The summed E-state index contributed by atoms with van der Waals surface area (Å²) in [6.45, 7) is 2.13. The molecule has 0 radical (unpaired) electrons. The molecular formula is C9H13N3OS. The Kier molecular flexibility index (Phi) is 4.39. The molecule has 0 bridgehead atoms. The van der Waals surface area contributed by atoms with Crippen molar-refractivity contribution in [1.82, 2.24) is 9.97 Å². The summed E-state index contributed by atoms with van der Waals surface area (Å²) in [4.78, 5) is 18.5. The number of unbranched alkanes of at least 4 members (excludes halogenated alkanes) is 1. The molecule has 1 heterocycles. The number of carbonyl (C=O) groups excluding carboxylic acids is 1. The van der Waals surface area contributed by atoms with E-state index in [1.165, 1.54) is 6.20 Å². The van der Waals surface area contributed by atoms with Crippen LogP contribution in [0.5, 0.6) is 0 Å². The Bertz CT molecular complexity index is 317. The van der Waals surface area contributed by atoms with Gasteiger partial charge in [0.1, 0.15) is 5.82 Å². The van der Waals surface area contributed by atoms with E-state index in [9.17, 15) is 4.79 Å². The molecule has 0 saturated carbocycles. The lowest BCUT2D eigenvalue weighted by atomic mass is 10.3. The highest BCUT2D eigenvalue weighted by atomic mass is 32.2. The van der Waals surface area contributed by atoms with Crippen LogP contribution in [0.15, 0.2) is 11.4 Å². The second-order valence-electron chi connectivity index (χ2n) is 2.81. The van der Waals surface area contributed by atoms with Crippen LogP contribution in [0.2, 0.25) is 0 Å². The Hall–Kier alpha value is -1.10. The first kappa shape index (κ1) is 11.0. The Morgan fingerprint density at radius 2 is 2.43 bits per heavy atom. The van der Waals surface area contributed by atoms with Crippen molar-refractivity contribution in [2.24, 2.45) is 0 Å². The van der Waals surface area contributed by atoms with Gasteiger partial charge >= 0.3 is 0 Å². The van der Waals surface area contributed by atoms with Crippen molar-refractivity contribution in [2.45, 2.75) is 24.9 Å². The molecule has 0 saturated heterocycles. The van der Waals surface area contributed by atoms with Gasteiger partial charge in [0.25, 0.3) is 0 Å². The zero-order valence-corrected chi connectivity index (χ0v) is 8.88. The topological polar surface area (TPSA) is 68.9 Å². The van der Waals surface area contributed by atoms with Crippen LogP contribution in [0, 0.1) is 0 Å². The maximum Gasteiger partial charge on any atom is 0.189 e. The SMILES string of the molecule is CCCCSc1ncc(C=O)c(N)n1. The molecule has 2 N–H and O–H groups in total. The number of thioether (sulfide) groups is 1. The fraction of sp³-hybridized carbons (Fsp3) is 0.444. The van der Waals surface area contributed by atoms with Gasteiger partial charge in [-0.25, -0.2) is 9.97 Å². The minimum absolute atomic E-state index is 0.258. The van der Waals surface area contributed by atoms with Crippen molar-refractivity contribution in [3.8, 4) is 0 Å². The van der Waals surface area contributed by atoms with Crippen molar-refractivity contribution < 1.29 is 4.79 Å². The number of carbonyl (C=O) groups is 1. The van der Waals surface area contributed by atoms with Crippen LogP contribution in [-0.2, 0) is 0 Å². The van der Waals surface area contributed by atoms with Crippen molar-refractivity contribution in [1.29, 1.82) is 0 Å². The van der Waals surface area contributed by atoms with Gasteiger partial charge < -0.3 is 5.73 Å². The monoisotopic (exact) mass is 211 g/mol. The summed E-state index contributed by atoms with van der Waals surface area (Å²) in [6, 6.07) is 0. The Balaban J connectivity index is 2.62. The third-order valence-electron chi connectivity index (χ3n) is 1.68. The van der Waals surface area contributed by atoms with Crippen LogP contribution >= 0.6 is 11.8 Å². The van der Waals surface area contributed by atoms with E-state index in [-0.39, 0.29) is 5.82 Å². The van der Waals surface area contributed by atoms with Gasteiger partial charge in [0.05, 0.1) is 5.56 Å². The van der Waals surface area contributed by atoms with Crippen LogP contribution in [0.1, 0.15) is 30.1 Å². The molecule has 0 aromatic carbocycles. The number of hydrogen-bond donors (Lipinski definition) is 1. The van der Waals surface area contributed by atoms with Gasteiger partial charge in [0, 0.05) is 11.9 Å². The number of hydrogen-bond acceptors (Lipinski definition) is 5. The second-order valence-corrected chi connectivity index (χ2v) is 3.88. The Labute approximate surface area is 87.3 Å². The molecule has 1 rings (SSSR count). The van der Waals surface area contributed by atoms with E-state index in [1.807, 2.05) is 0 Å². The lowest BCUT2D eigenvalue weighted by molar-refractivity contribution is 0.112. The average molecular weight is 211 g/mol. The molecular weight excluding hydrogens is 198 g/mol.